The quantitative estimate of drug-likeness (QED) is 0.845. The van der Waals surface area contributed by atoms with Crippen molar-refractivity contribution in [2.45, 2.75) is 43.5 Å². The molecule has 0 aromatic heterocycles. The molecule has 1 saturated carbocycles. The van der Waals surface area contributed by atoms with Crippen LogP contribution in [0.15, 0.2) is 23.1 Å². The van der Waals surface area contributed by atoms with Gasteiger partial charge in [-0.15, -0.1) is 0 Å². The third-order valence-corrected chi connectivity index (χ3v) is 6.80. The molecule has 1 aromatic carbocycles. The van der Waals surface area contributed by atoms with E-state index in [9.17, 15) is 8.42 Å². The van der Waals surface area contributed by atoms with Gasteiger partial charge in [-0.25, -0.2) is 8.42 Å². The lowest BCUT2D eigenvalue weighted by Crippen LogP contribution is -2.33. The van der Waals surface area contributed by atoms with Gasteiger partial charge in [0.1, 0.15) is 4.90 Å². The lowest BCUT2D eigenvalue weighted by atomic mass is 10.0. The average Bonchev–Trinajstić information content (AvgIpc) is 2.84. The highest BCUT2D eigenvalue weighted by Gasteiger charge is 2.29. The van der Waals surface area contributed by atoms with Crippen LogP contribution in [0.25, 0.3) is 0 Å². The van der Waals surface area contributed by atoms with Crippen LogP contribution < -0.4 is 5.32 Å². The number of hydrogen-bond acceptors (Lipinski definition) is 3. The summed E-state index contributed by atoms with van der Waals surface area (Å²) in [5, 5.41) is 3.86. The third kappa shape index (κ3) is 4.13. The van der Waals surface area contributed by atoms with Gasteiger partial charge in [0.15, 0.2) is 9.84 Å². The Morgan fingerprint density at radius 3 is 2.52 bits per heavy atom. The first-order valence-electron chi connectivity index (χ1n) is 7.36. The van der Waals surface area contributed by atoms with E-state index in [1.54, 1.807) is 18.2 Å². The van der Waals surface area contributed by atoms with Crippen LogP contribution in [0, 0.1) is 5.92 Å². The monoisotopic (exact) mass is 349 g/mol. The Kier molecular flexibility index (Phi) is 5.95. The van der Waals surface area contributed by atoms with E-state index in [4.69, 9.17) is 23.2 Å². The van der Waals surface area contributed by atoms with Gasteiger partial charge in [-0.1, -0.05) is 42.6 Å². The molecule has 118 valence electrons. The topological polar surface area (TPSA) is 46.2 Å². The number of sulfone groups is 1. The average molecular weight is 350 g/mol. The lowest BCUT2D eigenvalue weighted by molar-refractivity contribution is 0.398. The predicted molar refractivity (Wildman–Crippen MR) is 87.9 cm³/mol. The molecule has 0 aliphatic heterocycles. The summed E-state index contributed by atoms with van der Waals surface area (Å²) >= 11 is 12.0. The number of nitrogens with one attached hydrogen (secondary N) is 1. The van der Waals surface area contributed by atoms with Crippen LogP contribution >= 0.6 is 23.2 Å². The zero-order valence-electron chi connectivity index (χ0n) is 12.1. The molecule has 1 aliphatic rings. The molecule has 21 heavy (non-hydrogen) atoms. The second-order valence-electron chi connectivity index (χ2n) is 5.51. The molecule has 0 radical (unpaired) electrons. The van der Waals surface area contributed by atoms with Crippen molar-refractivity contribution in [2.75, 3.05) is 12.3 Å². The zero-order chi connectivity index (χ0) is 15.5. The van der Waals surface area contributed by atoms with Crippen molar-refractivity contribution in [1.82, 2.24) is 5.32 Å². The van der Waals surface area contributed by atoms with Gasteiger partial charge in [0.25, 0.3) is 0 Å². The minimum atomic E-state index is -3.44. The summed E-state index contributed by atoms with van der Waals surface area (Å²) in [6, 6.07) is 5.23. The molecule has 1 N–H and O–H groups in total. The van der Waals surface area contributed by atoms with E-state index in [0.717, 1.165) is 25.8 Å². The van der Waals surface area contributed by atoms with Crippen LogP contribution in [0.1, 0.15) is 32.6 Å². The van der Waals surface area contributed by atoms with Gasteiger partial charge >= 0.3 is 0 Å². The van der Waals surface area contributed by atoms with Crippen LogP contribution in [-0.4, -0.2) is 26.8 Å². The zero-order valence-corrected chi connectivity index (χ0v) is 14.4. The van der Waals surface area contributed by atoms with Crippen LogP contribution in [0.2, 0.25) is 10.0 Å². The van der Waals surface area contributed by atoms with E-state index in [-0.39, 0.29) is 20.7 Å². The number of halogens is 2. The highest BCUT2D eigenvalue weighted by atomic mass is 35.5. The van der Waals surface area contributed by atoms with Crippen LogP contribution in [0.4, 0.5) is 0 Å². The fraction of sp³-hybridized carbons (Fsp3) is 0.600. The van der Waals surface area contributed by atoms with Crippen LogP contribution in [0.5, 0.6) is 0 Å². The molecular weight excluding hydrogens is 329 g/mol. The van der Waals surface area contributed by atoms with Crippen molar-refractivity contribution < 1.29 is 8.42 Å². The van der Waals surface area contributed by atoms with Crippen molar-refractivity contribution in [2.24, 2.45) is 5.92 Å². The van der Waals surface area contributed by atoms with Crippen molar-refractivity contribution in [1.29, 1.82) is 0 Å². The van der Waals surface area contributed by atoms with Gasteiger partial charge in [0, 0.05) is 6.04 Å². The van der Waals surface area contributed by atoms with Gasteiger partial charge < -0.3 is 5.32 Å². The minimum Gasteiger partial charge on any atom is -0.314 e. The Labute approximate surface area is 136 Å². The maximum absolute atomic E-state index is 12.5. The summed E-state index contributed by atoms with van der Waals surface area (Å²) in [5.74, 6) is 0.518. The molecule has 0 heterocycles. The maximum atomic E-state index is 12.5. The normalized spacial score (nSPS) is 22.6. The maximum Gasteiger partial charge on any atom is 0.181 e. The highest BCUT2D eigenvalue weighted by Crippen LogP contribution is 2.33. The molecular formula is C15H21Cl2NO2S. The fourth-order valence-electron chi connectivity index (χ4n) is 3.10. The van der Waals surface area contributed by atoms with E-state index in [1.165, 1.54) is 0 Å². The first-order valence-corrected chi connectivity index (χ1v) is 9.76. The second-order valence-corrected chi connectivity index (χ2v) is 8.37. The standard InChI is InChI=1S/C15H21Cl2NO2S/c1-2-18-14-8-3-5-11(14)9-10-21(19,20)15-12(16)6-4-7-13(15)17/h4,6-7,11,14,18H,2-3,5,8-10H2,1H3. The molecule has 0 bridgehead atoms. The van der Waals surface area contributed by atoms with Crippen molar-refractivity contribution in [3.05, 3.63) is 28.2 Å². The molecule has 0 spiro atoms. The van der Waals surface area contributed by atoms with E-state index < -0.39 is 9.84 Å². The summed E-state index contributed by atoms with van der Waals surface area (Å²) in [7, 11) is -3.44. The van der Waals surface area contributed by atoms with Crippen molar-refractivity contribution in [3.63, 3.8) is 0 Å². The molecule has 2 atom stereocenters. The highest BCUT2D eigenvalue weighted by molar-refractivity contribution is 7.91. The molecule has 2 rings (SSSR count). The summed E-state index contributed by atoms with van der Waals surface area (Å²) in [4.78, 5) is 0.0753. The van der Waals surface area contributed by atoms with E-state index >= 15 is 0 Å². The Bertz CT molecular complexity index is 569. The van der Waals surface area contributed by atoms with Crippen molar-refractivity contribution >= 4 is 33.0 Å². The molecule has 2 unspecified atom stereocenters. The molecule has 1 fully saturated rings. The first-order chi connectivity index (χ1) is 9.95. The van der Waals surface area contributed by atoms with Gasteiger partial charge in [-0.05, 0) is 43.9 Å². The van der Waals surface area contributed by atoms with Crippen LogP contribution in [0.3, 0.4) is 0 Å². The van der Waals surface area contributed by atoms with E-state index in [0.29, 0.717) is 18.4 Å². The summed E-state index contributed by atoms with van der Waals surface area (Å²) in [6.45, 7) is 3.00. The second kappa shape index (κ2) is 7.32. The van der Waals surface area contributed by atoms with Gasteiger partial charge in [-0.3, -0.25) is 0 Å². The first kappa shape index (κ1) is 17.1. The summed E-state index contributed by atoms with van der Waals surface area (Å²) < 4.78 is 25.0. The van der Waals surface area contributed by atoms with Crippen LogP contribution in [-0.2, 0) is 9.84 Å². The van der Waals surface area contributed by atoms with Gasteiger partial charge in [0.2, 0.25) is 0 Å². The van der Waals surface area contributed by atoms with E-state index in [1.807, 2.05) is 0 Å². The fourth-order valence-corrected chi connectivity index (χ4v) is 5.75. The van der Waals surface area contributed by atoms with Gasteiger partial charge in [0.05, 0.1) is 15.8 Å². The van der Waals surface area contributed by atoms with Gasteiger partial charge in [-0.2, -0.15) is 0 Å². The Morgan fingerprint density at radius 2 is 1.90 bits per heavy atom. The molecule has 1 aliphatic carbocycles. The molecule has 0 amide bonds. The Hall–Kier alpha value is -0.290. The minimum absolute atomic E-state index is 0.0753. The predicted octanol–water partition coefficient (Wildman–Crippen LogP) is 3.94. The van der Waals surface area contributed by atoms with E-state index in [2.05, 4.69) is 12.2 Å². The smallest absolute Gasteiger partial charge is 0.181 e. The largest absolute Gasteiger partial charge is 0.314 e. The number of hydrogen-bond donors (Lipinski definition) is 1. The molecule has 6 heteroatoms. The molecule has 3 nitrogen and oxygen atoms in total. The molecule has 1 aromatic rings. The third-order valence-electron chi connectivity index (χ3n) is 4.11. The number of rotatable bonds is 6. The molecule has 0 saturated heterocycles. The lowest BCUT2D eigenvalue weighted by Gasteiger charge is -2.20. The number of benzene rings is 1. The SMILES string of the molecule is CCNC1CCCC1CCS(=O)(=O)c1c(Cl)cccc1Cl. The van der Waals surface area contributed by atoms with Crippen molar-refractivity contribution in [3.8, 4) is 0 Å². The summed E-state index contributed by atoms with van der Waals surface area (Å²) in [6.07, 6.45) is 4.03. The Morgan fingerprint density at radius 1 is 1.24 bits per heavy atom. The summed E-state index contributed by atoms with van der Waals surface area (Å²) in [5.41, 5.74) is 0. The Balaban J connectivity index is 2.08.